The van der Waals surface area contributed by atoms with E-state index in [4.69, 9.17) is 14.8 Å². The van der Waals surface area contributed by atoms with Crippen LogP contribution in [0.3, 0.4) is 0 Å². The van der Waals surface area contributed by atoms with Crippen molar-refractivity contribution in [3.05, 3.63) is 458 Å². The number of benzene rings is 14. The summed E-state index contributed by atoms with van der Waals surface area (Å²) in [5, 5.41) is 28.7. The van der Waals surface area contributed by atoms with Crippen molar-refractivity contribution in [1.82, 2.24) is 24.2 Å². The van der Waals surface area contributed by atoms with Crippen LogP contribution in [-0.4, -0.2) is 94.1 Å². The van der Waals surface area contributed by atoms with Gasteiger partial charge in [0, 0.05) is 181 Å². The minimum Gasteiger partial charge on any atom is -0.774 e. The van der Waals surface area contributed by atoms with Crippen molar-refractivity contribution in [3.8, 4) is 22.5 Å². The summed E-state index contributed by atoms with van der Waals surface area (Å²) in [5.74, 6) is 1.78. The first kappa shape index (κ1) is 104. The molecular formula is C128H120Cu2IrN14O3PS-5. The molecule has 0 amide bonds. The predicted octanol–water partition coefficient (Wildman–Crippen LogP) is 30.8. The summed E-state index contributed by atoms with van der Waals surface area (Å²) in [6.45, 7) is 22.5. The summed E-state index contributed by atoms with van der Waals surface area (Å²) in [4.78, 5) is 38.9. The smallest absolute Gasteiger partial charge is 0.295 e. The number of aryl methyl sites for hydroxylation is 1. The molecule has 0 bridgehead atoms. The number of aromatic nitrogens is 4. The molecule has 5 aromatic heterocycles. The number of fused-ring (bicyclic) bond motifs is 24. The van der Waals surface area contributed by atoms with Crippen molar-refractivity contribution in [1.29, 1.82) is 0 Å². The molecule has 150 heavy (non-hydrogen) atoms. The number of carbonyl (C=O) groups is 1. The van der Waals surface area contributed by atoms with Gasteiger partial charge in [0.15, 0.2) is 17.1 Å². The molecule has 767 valence electrons. The number of rotatable bonds is 11. The number of nitrogens with zero attached hydrogens (tertiary/aromatic N) is 14. The summed E-state index contributed by atoms with van der Waals surface area (Å²) in [7, 11) is 9.58. The molecule has 1 N–H and O–H groups in total. The van der Waals surface area contributed by atoms with Crippen LogP contribution < -0.4 is 39.3 Å². The second-order valence-electron chi connectivity index (χ2n) is 39.8. The topological polar surface area (TPSA) is 139 Å². The van der Waals surface area contributed by atoms with E-state index in [-0.39, 0.29) is 65.8 Å². The van der Waals surface area contributed by atoms with E-state index in [1.165, 1.54) is 186 Å². The van der Waals surface area contributed by atoms with E-state index >= 15 is 0 Å². The number of hydrogen-bond acceptors (Lipinski definition) is 14. The average Bonchev–Trinajstić information content (AvgIpc) is 1.50. The molecule has 5 unspecified atom stereocenters. The third-order valence-corrected chi connectivity index (χ3v) is 32.5. The predicted molar refractivity (Wildman–Crippen MR) is 613 cm³/mol. The van der Waals surface area contributed by atoms with E-state index in [1.54, 1.807) is 23.2 Å². The van der Waals surface area contributed by atoms with Gasteiger partial charge in [-0.05, 0) is 156 Å². The van der Waals surface area contributed by atoms with Crippen LogP contribution >= 0.6 is 19.9 Å². The molecule has 17 nitrogen and oxygen atoms in total. The van der Waals surface area contributed by atoms with Gasteiger partial charge in [-0.3, -0.25) is 26.8 Å². The summed E-state index contributed by atoms with van der Waals surface area (Å²) >= 11 is 1.63. The van der Waals surface area contributed by atoms with Crippen molar-refractivity contribution < 1.29 is 73.1 Å². The summed E-state index contributed by atoms with van der Waals surface area (Å²) in [6, 6.07) is 114. The van der Waals surface area contributed by atoms with Crippen LogP contribution in [0.15, 0.2) is 374 Å². The Bertz CT molecular complexity index is 8150. The quantitative estimate of drug-likeness (QED) is 0.0250. The molecule has 19 aromatic rings. The normalized spacial score (nSPS) is 16.7. The molecule has 5 atom stereocenters. The summed E-state index contributed by atoms with van der Waals surface area (Å²) < 4.78 is 11.2. The van der Waals surface area contributed by atoms with E-state index in [0.29, 0.717) is 36.5 Å². The average molecular weight is 2280 g/mol. The van der Waals surface area contributed by atoms with Gasteiger partial charge in [0.1, 0.15) is 59.7 Å². The summed E-state index contributed by atoms with van der Waals surface area (Å²) in [5.41, 5.74) is 35.6. The Morgan fingerprint density at radius 2 is 1.08 bits per heavy atom. The number of hydrogen-bond donors (Lipinski definition) is 1. The maximum atomic E-state index is 10.0. The van der Waals surface area contributed by atoms with Gasteiger partial charge in [0.05, 0.1) is 45.5 Å². The van der Waals surface area contributed by atoms with Crippen molar-refractivity contribution in [2.24, 2.45) is 5.92 Å². The van der Waals surface area contributed by atoms with Crippen LogP contribution in [0.5, 0.6) is 0 Å². The van der Waals surface area contributed by atoms with Crippen LogP contribution in [0.2, 0.25) is 0 Å². The number of anilines is 8. The van der Waals surface area contributed by atoms with E-state index < -0.39 is 0 Å². The first-order valence-corrected chi connectivity index (χ1v) is 53.1. The molecule has 14 heterocycles. The number of likely N-dealkylation sites (N-methyl/N-ethyl adjacent to an activating group) is 4. The fourth-order valence-corrected chi connectivity index (χ4v) is 24.9. The fourth-order valence-electron chi connectivity index (χ4n) is 23.0. The van der Waals surface area contributed by atoms with Crippen molar-refractivity contribution in [2.75, 3.05) is 63.8 Å². The van der Waals surface area contributed by atoms with Crippen molar-refractivity contribution in [2.45, 2.75) is 123 Å². The second kappa shape index (κ2) is 45.1. The number of para-hydroxylation sites is 11. The van der Waals surface area contributed by atoms with E-state index in [9.17, 15) is 4.79 Å². The van der Waals surface area contributed by atoms with Gasteiger partial charge in [-0.1, -0.05) is 218 Å². The number of aliphatic hydroxyl groups is 1. The first-order valence-electron chi connectivity index (χ1n) is 51.0. The van der Waals surface area contributed by atoms with Gasteiger partial charge in [-0.25, -0.2) is 47.0 Å². The number of carbonyl (C=O) groups excluding carboxylic acids is 1. The van der Waals surface area contributed by atoms with Crippen LogP contribution in [-0.2, 0) is 78.4 Å². The number of allylic oxidation sites excluding steroid dienone is 2. The number of pyridine rings is 1. The first-order chi connectivity index (χ1) is 71.8. The molecule has 1 fully saturated rings. The van der Waals surface area contributed by atoms with Crippen molar-refractivity contribution in [3.63, 3.8) is 0 Å². The monoisotopic (exact) mass is 2280 g/mol. The molecule has 3 radical (unpaired) electrons. The zero-order valence-electron chi connectivity index (χ0n) is 85.5. The Morgan fingerprint density at radius 3 is 1.71 bits per heavy atom. The molecular weight excluding hydrogens is 2160 g/mol. The second-order valence-corrected chi connectivity index (χ2v) is 42.0. The molecule has 14 aromatic carbocycles. The van der Waals surface area contributed by atoms with Crippen LogP contribution in [0.25, 0.3) is 92.6 Å². The van der Waals surface area contributed by atoms with Gasteiger partial charge < -0.3 is 59.4 Å². The van der Waals surface area contributed by atoms with Crippen LogP contribution in [0, 0.1) is 39.7 Å². The van der Waals surface area contributed by atoms with Crippen LogP contribution in [0.1, 0.15) is 122 Å². The van der Waals surface area contributed by atoms with Gasteiger partial charge in [0.2, 0.25) is 0 Å². The van der Waals surface area contributed by atoms with E-state index in [1.807, 2.05) is 121 Å². The fraction of sp³-hybridized carbons (Fsp3) is 0.195. The van der Waals surface area contributed by atoms with Gasteiger partial charge >= 0.3 is 0 Å². The molecule has 0 spiro atoms. The standard InChI is InChI=1S/C29H27N2.C23H20N4.C17H14N2O.C17H20NP.C14H12N.C12H7N2S.C11H12N2.C5H8O2.2Cu.Ir/c1-19-9-7-14-22(20-10-3-2-4-11-20)27(19)26-18-30-17-21-12-8-15-24-23-13-5-6-16-25(23)31(26)29(30)28(21)24;1-24-14-8-3-5-10-16(14)26-18-12-7-13-19-20(18)21(22(24)26)23-25(2)15-9-4-6-11-17(15)27(19)23;1-18-8-9-19-15(18)10-11-6-7-13-12-4-2-3-5-14(12)20-17(13)16(11)19;1-13(2)12-19-17-11-7-6-10-16(17)18-15-9-5-4-8-14(15)3;1-11-7-3-5-9-13(11)15-14-10-6-4-8-12(14)2;1-2-4-9(5-3-1)11-10-6-7-15-12(10)14-8-13-11;1-12-6-7-13-10-5-3-2-4-9(10)8-11(12)13;1-4(6)3-5(2)7;;;/h5-9,12-16,18,20H,2-4,10-11,17H2,1H3;3-13,21-23H,1-2H3;2-9,15H,10H2,1H3;4-11,13,19H,3,12H2,1-2H3;3-10H,1-2H2;1-4,6-8H;2-7,11H,8H2,1H3;3,6H,1-2H3;;;/q+1;;;-2;-3;-1;;;;;. The SMILES string of the molecule is CC(=O)C=C(C)O.CN1C=CN2c3c(ccc4c3oc3ccccc34)CC12.CN1C=CN2c3ccccc3CC12.CN1c2ccccc2N2c3cccc4c3C(C12)C1N(C)c2ccccc2N41.Cc1cccc(C2CCCCC2)c1-c1c[n+]2c3c4c(cccc4c4ccccc4n13)C2.[CH2-]c1ccccc1[N-]c1ccccc1PCC(C)C.[CH2-]c1ccccc1[N-]c1ccccc1[CH2-].[Cu].[Cu].[Ir].[c-]1ccccc1-c1ncnc2sccc12. The zero-order valence-corrected chi connectivity index (χ0v) is 91.6. The number of ketones is 1. The summed E-state index contributed by atoms with van der Waals surface area (Å²) in [6.07, 6.45) is 25.6. The maximum Gasteiger partial charge on any atom is 0.295 e. The Balaban J connectivity index is 0.000000110. The van der Waals surface area contributed by atoms with Crippen molar-refractivity contribution >= 4 is 159 Å². The number of aliphatic hydroxyl groups excluding tert-OH is 1. The minimum atomic E-state index is -0.125. The number of furan rings is 1. The number of imidazole rings is 1. The van der Waals surface area contributed by atoms with E-state index in [0.717, 1.165) is 106 Å². The van der Waals surface area contributed by atoms with E-state index in [2.05, 4.69) is 370 Å². The minimum absolute atomic E-state index is 0. The van der Waals surface area contributed by atoms with Crippen LogP contribution in [0.4, 0.5) is 68.2 Å². The van der Waals surface area contributed by atoms with Gasteiger partial charge in [-0.2, -0.15) is 22.6 Å². The number of thiophene rings is 1. The molecule has 9 aliphatic heterocycles. The molecule has 1 saturated carbocycles. The Kier molecular flexibility index (Phi) is 31.3. The third kappa shape index (κ3) is 20.0. The molecule has 22 heteroatoms. The molecule has 0 saturated heterocycles. The largest absolute Gasteiger partial charge is 0.774 e. The zero-order chi connectivity index (χ0) is 101. The van der Waals surface area contributed by atoms with Gasteiger partial charge in [-0.15, -0.1) is 89.3 Å². The third-order valence-electron chi connectivity index (χ3n) is 29.8. The Labute approximate surface area is 920 Å². The van der Waals surface area contributed by atoms with Gasteiger partial charge in [0.25, 0.3) is 5.65 Å². The molecule has 29 rings (SSSR count). The molecule has 10 aliphatic rings. The Hall–Kier alpha value is -14.5. The molecule has 1 aliphatic carbocycles. The Morgan fingerprint density at radius 1 is 0.540 bits per heavy atom. The maximum absolute atomic E-state index is 10.0.